The van der Waals surface area contributed by atoms with Crippen molar-refractivity contribution in [3.63, 3.8) is 0 Å². The van der Waals surface area contributed by atoms with E-state index in [1.807, 2.05) is 0 Å². The Morgan fingerprint density at radius 2 is 1.63 bits per heavy atom. The Labute approximate surface area is 371 Å². The number of thioether (sulfide) groups is 1. The van der Waals surface area contributed by atoms with E-state index in [9.17, 15) is 32.4 Å². The number of benzene rings is 1. The van der Waals surface area contributed by atoms with E-state index < -0.39 is 55.9 Å². The molecule has 342 valence electrons. The molecule has 20 heteroatoms. The van der Waals surface area contributed by atoms with Crippen molar-refractivity contribution < 1.29 is 41.8 Å². The zero-order valence-electron chi connectivity index (χ0n) is 36.6. The molecule has 1 aromatic carbocycles. The van der Waals surface area contributed by atoms with Crippen LogP contribution in [0.4, 0.5) is 0 Å². The van der Waals surface area contributed by atoms with Crippen molar-refractivity contribution in [1.82, 2.24) is 39.4 Å². The average molecular weight is 911 g/mol. The van der Waals surface area contributed by atoms with Gasteiger partial charge in [0.05, 0.1) is 43.5 Å². The number of hydrogen-bond acceptors (Lipinski definition) is 13. The maximum Gasteiger partial charge on any atom is 0.335 e. The number of nitrogens with one attached hydrogen (secondary N) is 3. The number of fused-ring (bicyclic) bond motifs is 1. The first-order valence-electron chi connectivity index (χ1n) is 20.9. The van der Waals surface area contributed by atoms with Crippen LogP contribution in [0.1, 0.15) is 66.4 Å². The molecule has 18 nitrogen and oxygen atoms in total. The normalized spacial score (nSPS) is 15.8. The summed E-state index contributed by atoms with van der Waals surface area (Å²) in [6, 6.07) is 10.7. The van der Waals surface area contributed by atoms with E-state index in [1.165, 1.54) is 45.4 Å². The third-order valence-corrected chi connectivity index (χ3v) is 13.2. The van der Waals surface area contributed by atoms with Crippen molar-refractivity contribution in [3.05, 3.63) is 83.2 Å². The fourth-order valence-corrected chi connectivity index (χ4v) is 9.90. The number of aromatic nitrogens is 4. The highest BCUT2D eigenvalue weighted by Gasteiger charge is 2.51. The SMILES string of the molecule is CCCCNC(=O)CCOCCOCCNC(=O)Cn1c(=O)n(-c2ccc(C[C@H](NC(=O)[C@H]3N(S(=O)(=O)c4cccnc4)CSC3(C)C)C(=O)OC(C)(C)C)cc2)c2ncccc21. The fraction of sp³-hybridized carbons (Fsp3) is 0.512. The lowest BCUT2D eigenvalue weighted by Gasteiger charge is -2.32. The number of sulfonamides is 1. The minimum Gasteiger partial charge on any atom is -0.458 e. The molecule has 3 amide bonds. The lowest BCUT2D eigenvalue weighted by molar-refractivity contribution is -0.158. The molecule has 1 aliphatic heterocycles. The lowest BCUT2D eigenvalue weighted by atomic mass is 10.0. The van der Waals surface area contributed by atoms with E-state index in [0.29, 0.717) is 35.6 Å². The molecule has 1 aliphatic rings. The number of pyridine rings is 2. The Bertz CT molecular complexity index is 2360. The molecule has 3 N–H and O–H groups in total. The molecule has 5 rings (SSSR count). The first-order valence-corrected chi connectivity index (χ1v) is 23.3. The summed E-state index contributed by atoms with van der Waals surface area (Å²) in [6.45, 7) is 12.4. The zero-order valence-corrected chi connectivity index (χ0v) is 38.3. The van der Waals surface area contributed by atoms with Gasteiger partial charge in [-0.1, -0.05) is 25.5 Å². The molecule has 3 aromatic heterocycles. The Kier molecular flexibility index (Phi) is 17.0. The molecule has 63 heavy (non-hydrogen) atoms. The maximum atomic E-state index is 14.1. The summed E-state index contributed by atoms with van der Waals surface area (Å²) in [5.41, 5.74) is 0.428. The third-order valence-electron chi connectivity index (χ3n) is 9.90. The van der Waals surface area contributed by atoms with Crippen LogP contribution in [0, 0.1) is 0 Å². The summed E-state index contributed by atoms with van der Waals surface area (Å²) in [4.78, 5) is 74.7. The molecular weight excluding hydrogens is 853 g/mol. The van der Waals surface area contributed by atoms with E-state index in [0.717, 1.165) is 17.1 Å². The van der Waals surface area contributed by atoms with Crippen LogP contribution in [0.3, 0.4) is 0 Å². The van der Waals surface area contributed by atoms with Crippen LogP contribution in [-0.4, -0.2) is 123 Å². The summed E-state index contributed by atoms with van der Waals surface area (Å²) in [7, 11) is -4.12. The summed E-state index contributed by atoms with van der Waals surface area (Å²) in [5.74, 6) is -1.80. The number of hydrogen-bond donors (Lipinski definition) is 3. The van der Waals surface area contributed by atoms with Gasteiger partial charge in [-0.05, 0) is 83.0 Å². The van der Waals surface area contributed by atoms with Gasteiger partial charge in [-0.25, -0.2) is 27.6 Å². The minimum absolute atomic E-state index is 0.0136. The molecule has 1 fully saturated rings. The van der Waals surface area contributed by atoms with Crippen molar-refractivity contribution in [2.45, 2.75) is 101 Å². The van der Waals surface area contributed by atoms with Gasteiger partial charge < -0.3 is 30.2 Å². The summed E-state index contributed by atoms with van der Waals surface area (Å²) >= 11 is 1.31. The summed E-state index contributed by atoms with van der Waals surface area (Å²) in [5, 5.41) is 8.40. The van der Waals surface area contributed by atoms with Gasteiger partial charge in [-0.2, -0.15) is 4.31 Å². The smallest absolute Gasteiger partial charge is 0.335 e. The number of carbonyl (C=O) groups is 4. The van der Waals surface area contributed by atoms with Gasteiger partial charge >= 0.3 is 11.7 Å². The Morgan fingerprint density at radius 3 is 2.32 bits per heavy atom. The number of nitrogens with zero attached hydrogens (tertiary/aromatic N) is 5. The van der Waals surface area contributed by atoms with E-state index in [-0.39, 0.29) is 62.4 Å². The fourth-order valence-electron chi connectivity index (χ4n) is 6.77. The van der Waals surface area contributed by atoms with Crippen molar-refractivity contribution in [3.8, 4) is 5.69 Å². The van der Waals surface area contributed by atoms with Crippen molar-refractivity contribution in [2.75, 3.05) is 45.4 Å². The molecule has 2 atom stereocenters. The highest BCUT2D eigenvalue weighted by molar-refractivity contribution is 8.02. The number of esters is 1. The average Bonchev–Trinajstić information content (AvgIpc) is 3.71. The second-order valence-electron chi connectivity index (χ2n) is 16.4. The highest BCUT2D eigenvalue weighted by Crippen LogP contribution is 2.42. The lowest BCUT2D eigenvalue weighted by Crippen LogP contribution is -2.57. The van der Waals surface area contributed by atoms with Gasteiger partial charge in [-0.3, -0.25) is 23.9 Å². The van der Waals surface area contributed by atoms with E-state index in [2.05, 4.69) is 32.8 Å². The largest absolute Gasteiger partial charge is 0.458 e. The van der Waals surface area contributed by atoms with Gasteiger partial charge in [0.1, 0.15) is 29.1 Å². The molecule has 0 saturated carbocycles. The molecular formula is C43H58N8O10S2. The minimum atomic E-state index is -4.12. The Hall–Kier alpha value is -5.15. The number of unbranched alkanes of at least 4 members (excludes halogenated alkanes) is 1. The summed E-state index contributed by atoms with van der Waals surface area (Å²) < 4.78 is 47.1. The van der Waals surface area contributed by atoms with E-state index >= 15 is 0 Å². The first-order chi connectivity index (χ1) is 29.9. The van der Waals surface area contributed by atoms with Crippen LogP contribution in [-0.2, 0) is 56.4 Å². The van der Waals surface area contributed by atoms with Crippen molar-refractivity contribution >= 4 is 56.6 Å². The van der Waals surface area contributed by atoms with Crippen molar-refractivity contribution in [1.29, 1.82) is 0 Å². The number of carbonyl (C=O) groups excluding carboxylic acids is 4. The quantitative estimate of drug-likeness (QED) is 0.0764. The number of imidazole rings is 1. The third kappa shape index (κ3) is 13.2. The number of rotatable bonds is 22. The van der Waals surface area contributed by atoms with Gasteiger partial charge in [0.25, 0.3) is 0 Å². The molecule has 0 unspecified atom stereocenters. The van der Waals surface area contributed by atoms with Gasteiger partial charge in [0, 0.05) is 49.3 Å². The maximum absolute atomic E-state index is 14.1. The Balaban J connectivity index is 1.23. The molecule has 0 bridgehead atoms. The van der Waals surface area contributed by atoms with Gasteiger partial charge in [0.2, 0.25) is 27.7 Å². The molecule has 4 heterocycles. The predicted molar refractivity (Wildman–Crippen MR) is 238 cm³/mol. The van der Waals surface area contributed by atoms with Gasteiger partial charge in [0.15, 0.2) is 5.65 Å². The second kappa shape index (κ2) is 22.0. The zero-order chi connectivity index (χ0) is 45.8. The standard InChI is InChI=1S/C43H58N8O10S2/c1-7-8-19-45-35(52)17-22-59-24-25-60-23-21-46-36(53)28-49-34-12-10-20-47-38(34)51(41(49)56)31-15-13-30(14-16-31)26-33(40(55)61-42(2,3)4)48-39(54)37-43(5,6)62-29-50(37)63(57,58)32-11-9-18-44-27-32/h9-16,18,20,27,33,37H,7-8,17,19,21-26,28-29H2,1-6H3,(H,45,52)(H,46,53)(H,48,54)/t33-,37+/m0/s1. The van der Waals surface area contributed by atoms with Crippen LogP contribution < -0.4 is 21.6 Å². The molecule has 0 spiro atoms. The first kappa shape index (κ1) is 48.9. The highest BCUT2D eigenvalue weighted by atomic mass is 32.2. The molecule has 0 aliphatic carbocycles. The monoisotopic (exact) mass is 910 g/mol. The number of amides is 3. The Morgan fingerprint density at radius 1 is 0.937 bits per heavy atom. The topological polar surface area (TPSA) is 222 Å². The van der Waals surface area contributed by atoms with Crippen LogP contribution in [0.25, 0.3) is 16.9 Å². The van der Waals surface area contributed by atoms with E-state index in [1.54, 1.807) is 77.2 Å². The molecule has 1 saturated heterocycles. The van der Waals surface area contributed by atoms with Crippen LogP contribution in [0.2, 0.25) is 0 Å². The van der Waals surface area contributed by atoms with E-state index in [4.69, 9.17) is 14.2 Å². The molecule has 0 radical (unpaired) electrons. The van der Waals surface area contributed by atoms with Crippen LogP contribution in [0.15, 0.2) is 76.8 Å². The van der Waals surface area contributed by atoms with Crippen LogP contribution >= 0.6 is 11.8 Å². The van der Waals surface area contributed by atoms with Crippen molar-refractivity contribution in [2.24, 2.45) is 0 Å². The predicted octanol–water partition coefficient (Wildman–Crippen LogP) is 2.95. The second-order valence-corrected chi connectivity index (χ2v) is 19.9. The number of ether oxygens (including phenoxy) is 3. The molecule has 4 aromatic rings. The van der Waals surface area contributed by atoms with Crippen LogP contribution in [0.5, 0.6) is 0 Å². The van der Waals surface area contributed by atoms with Gasteiger partial charge in [-0.15, -0.1) is 11.8 Å². The summed E-state index contributed by atoms with van der Waals surface area (Å²) in [6.07, 6.45) is 6.44.